The van der Waals surface area contributed by atoms with Crippen LogP contribution in [0.5, 0.6) is 0 Å². The van der Waals surface area contributed by atoms with E-state index in [0.717, 1.165) is 14.2 Å². The van der Waals surface area contributed by atoms with Crippen molar-refractivity contribution in [3.05, 3.63) is 57.7 Å². The normalized spacial score (nSPS) is 12.5. The van der Waals surface area contributed by atoms with Crippen molar-refractivity contribution in [1.29, 1.82) is 0 Å². The van der Waals surface area contributed by atoms with Crippen molar-refractivity contribution < 1.29 is 4.52 Å². The van der Waals surface area contributed by atoms with Gasteiger partial charge in [0.2, 0.25) is 11.7 Å². The van der Waals surface area contributed by atoms with Crippen LogP contribution in [0.2, 0.25) is 0 Å². The molecule has 4 nitrogen and oxygen atoms in total. The lowest BCUT2D eigenvalue weighted by Crippen LogP contribution is -2.11. The highest BCUT2D eigenvalue weighted by atomic mass is 79.9. The van der Waals surface area contributed by atoms with Crippen LogP contribution in [-0.2, 0) is 0 Å². The number of halogens is 1. The fourth-order valence-corrected chi connectivity index (χ4v) is 3.01. The zero-order chi connectivity index (χ0) is 13.2. The van der Waals surface area contributed by atoms with Gasteiger partial charge in [0.15, 0.2) is 0 Å². The standard InChI is InChI=1S/C13H10BrN3OS/c14-10-7-6-9(19-10)12-16-13(18-17-12)11(15)8-4-2-1-3-5-8/h1-7,11H,15H2. The first-order valence-electron chi connectivity index (χ1n) is 5.64. The predicted molar refractivity (Wildman–Crippen MR) is 77.8 cm³/mol. The summed E-state index contributed by atoms with van der Waals surface area (Å²) < 4.78 is 6.28. The lowest BCUT2D eigenvalue weighted by Gasteiger charge is -2.05. The van der Waals surface area contributed by atoms with Crippen molar-refractivity contribution in [2.24, 2.45) is 5.73 Å². The highest BCUT2D eigenvalue weighted by Gasteiger charge is 2.17. The van der Waals surface area contributed by atoms with Gasteiger partial charge in [-0.05, 0) is 33.6 Å². The first-order chi connectivity index (χ1) is 9.24. The van der Waals surface area contributed by atoms with Gasteiger partial charge in [0.05, 0.1) is 8.66 Å². The zero-order valence-corrected chi connectivity index (χ0v) is 12.2. The topological polar surface area (TPSA) is 64.9 Å². The van der Waals surface area contributed by atoms with Crippen LogP contribution in [0, 0.1) is 0 Å². The summed E-state index contributed by atoms with van der Waals surface area (Å²) in [5, 5.41) is 3.97. The average molecular weight is 336 g/mol. The molecule has 2 heterocycles. The summed E-state index contributed by atoms with van der Waals surface area (Å²) in [6.07, 6.45) is 0. The minimum atomic E-state index is -0.397. The van der Waals surface area contributed by atoms with Gasteiger partial charge < -0.3 is 10.3 Å². The fraction of sp³-hybridized carbons (Fsp3) is 0.0769. The Balaban J connectivity index is 1.89. The van der Waals surface area contributed by atoms with Crippen LogP contribution < -0.4 is 5.73 Å². The van der Waals surface area contributed by atoms with E-state index in [-0.39, 0.29) is 0 Å². The lowest BCUT2D eigenvalue weighted by molar-refractivity contribution is 0.367. The maximum Gasteiger partial charge on any atom is 0.248 e. The summed E-state index contributed by atoms with van der Waals surface area (Å²) in [4.78, 5) is 5.30. The molecule has 2 N–H and O–H groups in total. The number of thiophene rings is 1. The van der Waals surface area contributed by atoms with Crippen molar-refractivity contribution in [2.75, 3.05) is 0 Å². The van der Waals surface area contributed by atoms with E-state index in [1.807, 2.05) is 42.5 Å². The molecule has 0 saturated carbocycles. The van der Waals surface area contributed by atoms with Gasteiger partial charge in [0.1, 0.15) is 6.04 Å². The van der Waals surface area contributed by atoms with Gasteiger partial charge in [-0.1, -0.05) is 35.5 Å². The minimum Gasteiger partial charge on any atom is -0.337 e. The second kappa shape index (κ2) is 5.24. The summed E-state index contributed by atoms with van der Waals surface area (Å²) >= 11 is 4.96. The molecule has 2 aromatic heterocycles. The zero-order valence-electron chi connectivity index (χ0n) is 9.79. The second-order valence-electron chi connectivity index (χ2n) is 3.95. The molecule has 0 saturated heterocycles. The second-order valence-corrected chi connectivity index (χ2v) is 6.41. The van der Waals surface area contributed by atoms with E-state index < -0.39 is 6.04 Å². The van der Waals surface area contributed by atoms with E-state index in [0.29, 0.717) is 11.7 Å². The first-order valence-corrected chi connectivity index (χ1v) is 7.25. The van der Waals surface area contributed by atoms with Crippen molar-refractivity contribution in [2.45, 2.75) is 6.04 Å². The molecule has 0 fully saturated rings. The van der Waals surface area contributed by atoms with E-state index in [1.54, 1.807) is 11.3 Å². The summed E-state index contributed by atoms with van der Waals surface area (Å²) in [6.45, 7) is 0. The van der Waals surface area contributed by atoms with Crippen molar-refractivity contribution in [3.63, 3.8) is 0 Å². The monoisotopic (exact) mass is 335 g/mol. The van der Waals surface area contributed by atoms with Crippen LogP contribution in [0.4, 0.5) is 0 Å². The molecule has 96 valence electrons. The average Bonchev–Trinajstić information content (AvgIpc) is 3.07. The summed E-state index contributed by atoms with van der Waals surface area (Å²) in [7, 11) is 0. The van der Waals surface area contributed by atoms with Crippen molar-refractivity contribution >= 4 is 27.3 Å². The third-order valence-electron chi connectivity index (χ3n) is 2.66. The van der Waals surface area contributed by atoms with E-state index in [4.69, 9.17) is 10.3 Å². The van der Waals surface area contributed by atoms with Gasteiger partial charge in [0, 0.05) is 0 Å². The molecule has 1 unspecified atom stereocenters. The Morgan fingerprint density at radius 2 is 1.95 bits per heavy atom. The highest BCUT2D eigenvalue weighted by Crippen LogP contribution is 2.30. The predicted octanol–water partition coefficient (Wildman–Crippen LogP) is 3.61. The minimum absolute atomic E-state index is 0.397. The smallest absolute Gasteiger partial charge is 0.248 e. The van der Waals surface area contributed by atoms with Gasteiger partial charge in [-0.15, -0.1) is 11.3 Å². The van der Waals surface area contributed by atoms with E-state index in [1.165, 1.54) is 0 Å². The summed E-state index contributed by atoms with van der Waals surface area (Å²) in [5.74, 6) is 0.989. The largest absolute Gasteiger partial charge is 0.337 e. The Bertz CT molecular complexity index is 680. The molecule has 3 rings (SSSR count). The van der Waals surface area contributed by atoms with Crippen LogP contribution in [0.3, 0.4) is 0 Å². The van der Waals surface area contributed by atoms with Gasteiger partial charge in [-0.3, -0.25) is 0 Å². The number of hydrogen-bond donors (Lipinski definition) is 1. The summed E-state index contributed by atoms with van der Waals surface area (Å²) in [6, 6.07) is 13.2. The molecule has 0 amide bonds. The number of nitrogens with two attached hydrogens (primary N) is 1. The molecule has 0 aliphatic carbocycles. The molecule has 0 aliphatic heterocycles. The molecule has 0 aliphatic rings. The molecule has 0 bridgehead atoms. The molecular weight excluding hydrogens is 326 g/mol. The Hall–Kier alpha value is -1.50. The quantitative estimate of drug-likeness (QED) is 0.794. The van der Waals surface area contributed by atoms with Crippen LogP contribution in [0.25, 0.3) is 10.7 Å². The highest BCUT2D eigenvalue weighted by molar-refractivity contribution is 9.11. The number of benzene rings is 1. The van der Waals surface area contributed by atoms with Crippen LogP contribution in [0.1, 0.15) is 17.5 Å². The van der Waals surface area contributed by atoms with Crippen LogP contribution in [0.15, 0.2) is 50.8 Å². The van der Waals surface area contributed by atoms with E-state index in [2.05, 4.69) is 26.1 Å². The molecular formula is C13H10BrN3OS. The van der Waals surface area contributed by atoms with Gasteiger partial charge in [0.25, 0.3) is 0 Å². The summed E-state index contributed by atoms with van der Waals surface area (Å²) in [5.41, 5.74) is 7.06. The molecule has 0 radical (unpaired) electrons. The third-order valence-corrected chi connectivity index (χ3v) is 4.28. The molecule has 3 aromatic rings. The molecule has 19 heavy (non-hydrogen) atoms. The molecule has 1 aromatic carbocycles. The SMILES string of the molecule is NC(c1ccccc1)c1nc(-c2ccc(Br)s2)no1. The van der Waals surface area contributed by atoms with Gasteiger partial charge in [-0.2, -0.15) is 4.98 Å². The van der Waals surface area contributed by atoms with Gasteiger partial charge >= 0.3 is 0 Å². The Morgan fingerprint density at radius 1 is 1.16 bits per heavy atom. The van der Waals surface area contributed by atoms with Crippen molar-refractivity contribution in [3.8, 4) is 10.7 Å². The Kier molecular flexibility index (Phi) is 3.46. The number of nitrogens with zero attached hydrogens (tertiary/aromatic N) is 2. The number of aromatic nitrogens is 2. The van der Waals surface area contributed by atoms with Crippen LogP contribution in [-0.4, -0.2) is 10.1 Å². The van der Waals surface area contributed by atoms with Crippen molar-refractivity contribution in [1.82, 2.24) is 10.1 Å². The molecule has 1 atom stereocenters. The van der Waals surface area contributed by atoms with Gasteiger partial charge in [-0.25, -0.2) is 0 Å². The first kappa shape index (κ1) is 12.5. The third kappa shape index (κ3) is 2.60. The number of hydrogen-bond acceptors (Lipinski definition) is 5. The number of rotatable bonds is 3. The van der Waals surface area contributed by atoms with Crippen LogP contribution >= 0.6 is 27.3 Å². The molecule has 0 spiro atoms. The fourth-order valence-electron chi connectivity index (χ4n) is 1.70. The lowest BCUT2D eigenvalue weighted by atomic mass is 10.1. The maximum absolute atomic E-state index is 6.11. The van der Waals surface area contributed by atoms with E-state index >= 15 is 0 Å². The molecule has 6 heteroatoms. The van der Waals surface area contributed by atoms with E-state index in [9.17, 15) is 0 Å². The maximum atomic E-state index is 6.11. The Labute approximate surface area is 122 Å². The Morgan fingerprint density at radius 3 is 2.63 bits per heavy atom.